The molecule has 3 aromatic heterocycles. The quantitative estimate of drug-likeness (QED) is 0.369. The van der Waals surface area contributed by atoms with Gasteiger partial charge in [0, 0.05) is 6.54 Å². The highest BCUT2D eigenvalue weighted by Gasteiger charge is 2.15. The highest BCUT2D eigenvalue weighted by Crippen LogP contribution is 2.28. The van der Waals surface area contributed by atoms with Crippen LogP contribution in [0.15, 0.2) is 35.1 Å². The highest BCUT2D eigenvalue weighted by molar-refractivity contribution is 7.98. The first kappa shape index (κ1) is 15.7. The second kappa shape index (κ2) is 6.92. The molecule has 0 unspecified atom stereocenters. The van der Waals surface area contributed by atoms with Crippen molar-refractivity contribution in [3.05, 3.63) is 40.0 Å². The van der Waals surface area contributed by atoms with Crippen LogP contribution in [0.3, 0.4) is 0 Å². The van der Waals surface area contributed by atoms with Gasteiger partial charge in [0.2, 0.25) is 0 Å². The number of nitro groups is 1. The van der Waals surface area contributed by atoms with E-state index in [9.17, 15) is 10.1 Å². The molecule has 0 bridgehead atoms. The Kier molecular flexibility index (Phi) is 4.72. The summed E-state index contributed by atoms with van der Waals surface area (Å²) in [7, 11) is 0. The van der Waals surface area contributed by atoms with Crippen molar-refractivity contribution in [3.8, 4) is 10.7 Å². The van der Waals surface area contributed by atoms with Gasteiger partial charge in [-0.25, -0.2) is 0 Å². The molecule has 0 atom stereocenters. The van der Waals surface area contributed by atoms with Crippen molar-refractivity contribution in [1.82, 2.24) is 24.5 Å². The SMILES string of the molecule is CCCn1c(SCn2cc([N+](=O)[O-])cn2)nnc1-c1cccs1. The van der Waals surface area contributed by atoms with Gasteiger partial charge in [0.15, 0.2) is 11.0 Å². The Morgan fingerprint density at radius 2 is 2.30 bits per heavy atom. The molecular formula is C13H14N6O2S2. The fraction of sp³-hybridized carbons (Fsp3) is 0.308. The molecule has 0 saturated heterocycles. The molecule has 120 valence electrons. The average molecular weight is 350 g/mol. The van der Waals surface area contributed by atoms with Gasteiger partial charge in [-0.15, -0.1) is 21.5 Å². The van der Waals surface area contributed by atoms with Crippen LogP contribution in [0, 0.1) is 10.1 Å². The summed E-state index contributed by atoms with van der Waals surface area (Å²) in [6.07, 6.45) is 3.62. The standard InChI is InChI=1S/C13H14N6O2S2/c1-2-5-18-12(11-4-3-6-22-11)15-16-13(18)23-9-17-8-10(7-14-17)19(20)21/h3-4,6-8H,2,5,9H2,1H3. The molecule has 0 spiro atoms. The van der Waals surface area contributed by atoms with Gasteiger partial charge in [-0.3, -0.25) is 14.8 Å². The number of rotatable bonds is 7. The second-order valence-electron chi connectivity index (χ2n) is 4.70. The number of thiophene rings is 1. The lowest BCUT2D eigenvalue weighted by atomic mass is 10.4. The Bertz CT molecular complexity index is 795. The Morgan fingerprint density at radius 1 is 1.43 bits per heavy atom. The minimum Gasteiger partial charge on any atom is -0.301 e. The molecule has 0 aliphatic heterocycles. The molecule has 10 heteroatoms. The molecule has 0 aromatic carbocycles. The van der Waals surface area contributed by atoms with Crippen LogP contribution in [0.2, 0.25) is 0 Å². The molecule has 0 fully saturated rings. The van der Waals surface area contributed by atoms with E-state index in [4.69, 9.17) is 0 Å². The Hall–Kier alpha value is -2.20. The molecule has 8 nitrogen and oxygen atoms in total. The van der Waals surface area contributed by atoms with Gasteiger partial charge in [-0.05, 0) is 17.9 Å². The summed E-state index contributed by atoms with van der Waals surface area (Å²) >= 11 is 3.08. The maximum Gasteiger partial charge on any atom is 0.307 e. The molecule has 0 amide bonds. The third-order valence-electron chi connectivity index (χ3n) is 3.06. The predicted molar refractivity (Wildman–Crippen MR) is 88.4 cm³/mol. The van der Waals surface area contributed by atoms with Crippen molar-refractivity contribution < 1.29 is 4.92 Å². The second-order valence-corrected chi connectivity index (χ2v) is 6.56. The van der Waals surface area contributed by atoms with E-state index in [0.29, 0.717) is 5.88 Å². The number of hydrogen-bond acceptors (Lipinski definition) is 7. The van der Waals surface area contributed by atoms with E-state index >= 15 is 0 Å². The summed E-state index contributed by atoms with van der Waals surface area (Å²) in [5, 5.41) is 26.0. The lowest BCUT2D eigenvalue weighted by Crippen LogP contribution is -2.02. The first-order valence-corrected chi connectivity index (χ1v) is 8.82. The summed E-state index contributed by atoms with van der Waals surface area (Å²) in [4.78, 5) is 11.3. The first-order valence-electron chi connectivity index (χ1n) is 6.95. The zero-order valence-corrected chi connectivity index (χ0v) is 14.0. The van der Waals surface area contributed by atoms with Crippen LogP contribution < -0.4 is 0 Å². The fourth-order valence-electron chi connectivity index (χ4n) is 2.05. The fourth-order valence-corrected chi connectivity index (χ4v) is 3.59. The predicted octanol–water partition coefficient (Wildman–Crippen LogP) is 3.27. The van der Waals surface area contributed by atoms with Crippen molar-refractivity contribution in [2.24, 2.45) is 0 Å². The first-order chi connectivity index (χ1) is 11.2. The summed E-state index contributed by atoms with van der Waals surface area (Å²) in [5.41, 5.74) is -0.0140. The smallest absolute Gasteiger partial charge is 0.301 e. The van der Waals surface area contributed by atoms with Crippen molar-refractivity contribution in [2.45, 2.75) is 30.9 Å². The Morgan fingerprint density at radius 3 is 2.96 bits per heavy atom. The van der Waals surface area contributed by atoms with Crippen LogP contribution in [0.1, 0.15) is 13.3 Å². The number of aromatic nitrogens is 5. The van der Waals surface area contributed by atoms with Crippen LogP contribution in [-0.4, -0.2) is 29.5 Å². The summed E-state index contributed by atoms with van der Waals surface area (Å²) in [5.74, 6) is 1.30. The summed E-state index contributed by atoms with van der Waals surface area (Å²) < 4.78 is 3.60. The third kappa shape index (κ3) is 3.42. The minimum absolute atomic E-state index is 0.0140. The lowest BCUT2D eigenvalue weighted by molar-refractivity contribution is -0.385. The van der Waals surface area contributed by atoms with Crippen LogP contribution in [0.5, 0.6) is 0 Å². The zero-order chi connectivity index (χ0) is 16.2. The highest BCUT2D eigenvalue weighted by atomic mass is 32.2. The number of hydrogen-bond donors (Lipinski definition) is 0. The van der Waals surface area contributed by atoms with E-state index in [1.807, 2.05) is 17.5 Å². The largest absolute Gasteiger partial charge is 0.307 e. The van der Waals surface area contributed by atoms with E-state index in [0.717, 1.165) is 28.8 Å². The molecule has 23 heavy (non-hydrogen) atoms. The lowest BCUT2D eigenvalue weighted by Gasteiger charge is -2.07. The molecular weight excluding hydrogens is 336 g/mol. The van der Waals surface area contributed by atoms with Crippen LogP contribution in [0.4, 0.5) is 5.69 Å². The molecule has 3 aromatic rings. The minimum atomic E-state index is -0.456. The molecule has 0 aliphatic carbocycles. The van der Waals surface area contributed by atoms with E-state index in [2.05, 4.69) is 26.8 Å². The topological polar surface area (TPSA) is 91.7 Å². The van der Waals surface area contributed by atoms with Gasteiger partial charge in [0.25, 0.3) is 0 Å². The van der Waals surface area contributed by atoms with Crippen molar-refractivity contribution >= 4 is 28.8 Å². The van der Waals surface area contributed by atoms with E-state index < -0.39 is 4.92 Å². The van der Waals surface area contributed by atoms with Gasteiger partial charge < -0.3 is 4.57 Å². The molecule has 3 rings (SSSR count). The van der Waals surface area contributed by atoms with Crippen molar-refractivity contribution in [2.75, 3.05) is 0 Å². The maximum atomic E-state index is 10.7. The summed E-state index contributed by atoms with van der Waals surface area (Å²) in [6.45, 7) is 2.92. The molecule has 0 radical (unpaired) electrons. The normalized spacial score (nSPS) is 11.0. The molecule has 0 saturated carbocycles. The monoisotopic (exact) mass is 350 g/mol. The molecule has 3 heterocycles. The van der Waals surface area contributed by atoms with Crippen molar-refractivity contribution in [1.29, 1.82) is 0 Å². The van der Waals surface area contributed by atoms with Gasteiger partial charge >= 0.3 is 5.69 Å². The van der Waals surface area contributed by atoms with E-state index in [1.54, 1.807) is 11.3 Å². The summed E-state index contributed by atoms with van der Waals surface area (Å²) in [6, 6.07) is 4.01. The van der Waals surface area contributed by atoms with Crippen LogP contribution in [-0.2, 0) is 12.4 Å². The van der Waals surface area contributed by atoms with Crippen LogP contribution in [0.25, 0.3) is 10.7 Å². The molecule has 0 N–H and O–H groups in total. The maximum absolute atomic E-state index is 10.7. The van der Waals surface area contributed by atoms with E-state index in [1.165, 1.54) is 28.8 Å². The van der Waals surface area contributed by atoms with Gasteiger partial charge in [-0.2, -0.15) is 5.10 Å². The van der Waals surface area contributed by atoms with Gasteiger partial charge in [0.05, 0.1) is 15.7 Å². The van der Waals surface area contributed by atoms with Gasteiger partial charge in [0.1, 0.15) is 12.4 Å². The Balaban J connectivity index is 1.78. The zero-order valence-electron chi connectivity index (χ0n) is 12.3. The van der Waals surface area contributed by atoms with E-state index in [-0.39, 0.29) is 5.69 Å². The average Bonchev–Trinajstić information content (AvgIpc) is 3.26. The number of nitrogens with zero attached hydrogens (tertiary/aromatic N) is 6. The van der Waals surface area contributed by atoms with Crippen LogP contribution >= 0.6 is 23.1 Å². The molecule has 0 aliphatic rings. The van der Waals surface area contributed by atoms with Crippen molar-refractivity contribution in [3.63, 3.8) is 0 Å². The Labute approximate surface area is 140 Å². The van der Waals surface area contributed by atoms with Gasteiger partial charge in [-0.1, -0.05) is 24.8 Å². The third-order valence-corrected chi connectivity index (χ3v) is 4.88. The number of thioether (sulfide) groups is 1.